The van der Waals surface area contributed by atoms with E-state index in [-0.39, 0.29) is 5.91 Å². The molecule has 1 aromatic heterocycles. The fourth-order valence-electron chi connectivity index (χ4n) is 2.70. The molecule has 6 heteroatoms. The van der Waals surface area contributed by atoms with Crippen molar-refractivity contribution in [3.8, 4) is 11.5 Å². The van der Waals surface area contributed by atoms with E-state index in [1.807, 2.05) is 42.5 Å². The van der Waals surface area contributed by atoms with Gasteiger partial charge in [0.2, 0.25) is 0 Å². The minimum absolute atomic E-state index is 0.320. The fourth-order valence-corrected chi connectivity index (χ4v) is 2.70. The third kappa shape index (κ3) is 4.79. The molecule has 144 valence electrons. The number of furan rings is 1. The van der Waals surface area contributed by atoms with Gasteiger partial charge in [-0.1, -0.05) is 30.3 Å². The first-order chi connectivity index (χ1) is 13.6. The van der Waals surface area contributed by atoms with Crippen LogP contribution in [0.1, 0.15) is 33.0 Å². The zero-order valence-electron chi connectivity index (χ0n) is 16.1. The maximum absolute atomic E-state index is 12.2. The van der Waals surface area contributed by atoms with Crippen LogP contribution >= 0.6 is 0 Å². The Morgan fingerprint density at radius 1 is 1.11 bits per heavy atom. The smallest absolute Gasteiger partial charge is 0.274 e. The number of nitrogens with one attached hydrogen (secondary N) is 1. The van der Waals surface area contributed by atoms with Crippen LogP contribution in [0.4, 0.5) is 0 Å². The normalized spacial score (nSPS) is 10.8. The number of rotatable bonds is 7. The van der Waals surface area contributed by atoms with Crippen molar-refractivity contribution in [1.82, 2.24) is 5.43 Å². The van der Waals surface area contributed by atoms with Gasteiger partial charge < -0.3 is 13.9 Å². The van der Waals surface area contributed by atoms with Crippen LogP contribution in [0, 0.1) is 13.8 Å². The molecule has 0 spiro atoms. The molecule has 1 N–H and O–H groups in total. The highest BCUT2D eigenvalue weighted by Gasteiger charge is 2.12. The summed E-state index contributed by atoms with van der Waals surface area (Å²) in [6.45, 7) is 3.96. The lowest BCUT2D eigenvalue weighted by Crippen LogP contribution is -2.17. The predicted molar refractivity (Wildman–Crippen MR) is 107 cm³/mol. The summed E-state index contributed by atoms with van der Waals surface area (Å²) in [4.78, 5) is 12.2. The highest BCUT2D eigenvalue weighted by atomic mass is 16.5. The summed E-state index contributed by atoms with van der Waals surface area (Å²) in [5, 5.41) is 4.02. The van der Waals surface area contributed by atoms with Crippen LogP contribution in [0.3, 0.4) is 0 Å². The molecule has 28 heavy (non-hydrogen) atoms. The lowest BCUT2D eigenvalue weighted by atomic mass is 10.2. The van der Waals surface area contributed by atoms with Crippen LogP contribution < -0.4 is 14.9 Å². The van der Waals surface area contributed by atoms with Gasteiger partial charge in [0.1, 0.15) is 18.1 Å². The Morgan fingerprint density at radius 3 is 2.57 bits per heavy atom. The van der Waals surface area contributed by atoms with Crippen LogP contribution in [0.25, 0.3) is 0 Å². The largest absolute Gasteiger partial charge is 0.493 e. The maximum atomic E-state index is 12.2. The summed E-state index contributed by atoms with van der Waals surface area (Å²) < 4.78 is 16.6. The van der Waals surface area contributed by atoms with Crippen molar-refractivity contribution in [1.29, 1.82) is 0 Å². The van der Waals surface area contributed by atoms with E-state index in [9.17, 15) is 4.79 Å². The molecule has 0 bridgehead atoms. The van der Waals surface area contributed by atoms with Crippen LogP contribution in [-0.4, -0.2) is 19.2 Å². The van der Waals surface area contributed by atoms with E-state index in [4.69, 9.17) is 13.9 Å². The molecule has 0 radical (unpaired) electrons. The molecule has 2 aromatic carbocycles. The van der Waals surface area contributed by atoms with Gasteiger partial charge in [0.05, 0.1) is 18.9 Å². The highest BCUT2D eigenvalue weighted by Crippen LogP contribution is 2.28. The zero-order valence-corrected chi connectivity index (χ0v) is 16.1. The minimum Gasteiger partial charge on any atom is -0.493 e. The molecule has 0 saturated heterocycles. The summed E-state index contributed by atoms with van der Waals surface area (Å²) in [5.41, 5.74) is 4.80. The average molecular weight is 378 g/mol. The first-order valence-electron chi connectivity index (χ1n) is 8.82. The number of aryl methyl sites for hydroxylation is 2. The van der Waals surface area contributed by atoms with E-state index >= 15 is 0 Å². The molecular formula is C22H22N2O4. The summed E-state index contributed by atoms with van der Waals surface area (Å²) in [5.74, 6) is 2.15. The van der Waals surface area contributed by atoms with Crippen molar-refractivity contribution in [2.24, 2.45) is 5.10 Å². The molecular weight excluding hydrogens is 356 g/mol. The monoisotopic (exact) mass is 378 g/mol. The quantitative estimate of drug-likeness (QED) is 0.493. The zero-order chi connectivity index (χ0) is 19.9. The van der Waals surface area contributed by atoms with E-state index in [2.05, 4.69) is 10.5 Å². The van der Waals surface area contributed by atoms with E-state index in [0.717, 1.165) is 11.1 Å². The van der Waals surface area contributed by atoms with Gasteiger partial charge in [0.15, 0.2) is 11.5 Å². The molecule has 1 heterocycles. The van der Waals surface area contributed by atoms with E-state index < -0.39 is 0 Å². The number of hydrogen-bond donors (Lipinski definition) is 1. The molecule has 6 nitrogen and oxygen atoms in total. The van der Waals surface area contributed by atoms with Gasteiger partial charge in [-0.05, 0) is 49.2 Å². The van der Waals surface area contributed by atoms with E-state index in [0.29, 0.717) is 35.2 Å². The summed E-state index contributed by atoms with van der Waals surface area (Å²) in [6.07, 6.45) is 1.55. The van der Waals surface area contributed by atoms with Crippen molar-refractivity contribution in [3.63, 3.8) is 0 Å². The molecule has 3 aromatic rings. The van der Waals surface area contributed by atoms with E-state index in [1.54, 1.807) is 39.3 Å². The van der Waals surface area contributed by atoms with Gasteiger partial charge in [-0.15, -0.1) is 0 Å². The number of hydrogen-bond acceptors (Lipinski definition) is 5. The number of benzene rings is 2. The number of carbonyl (C=O) groups excluding carboxylic acids is 1. The van der Waals surface area contributed by atoms with Gasteiger partial charge >= 0.3 is 0 Å². The van der Waals surface area contributed by atoms with Crippen molar-refractivity contribution in [3.05, 3.63) is 82.8 Å². The number of nitrogens with zero attached hydrogens (tertiary/aromatic N) is 1. The fraction of sp³-hybridized carbons (Fsp3) is 0.182. The third-order valence-corrected chi connectivity index (χ3v) is 4.09. The van der Waals surface area contributed by atoms with Gasteiger partial charge in [-0.2, -0.15) is 5.10 Å². The second-order valence-corrected chi connectivity index (χ2v) is 6.21. The number of ether oxygens (including phenoxy) is 2. The maximum Gasteiger partial charge on any atom is 0.274 e. The number of amides is 1. The Kier molecular flexibility index (Phi) is 6.11. The molecule has 0 saturated carbocycles. The lowest BCUT2D eigenvalue weighted by molar-refractivity contribution is 0.0953. The predicted octanol–water partition coefficient (Wildman–Crippen LogP) is 4.25. The van der Waals surface area contributed by atoms with Crippen molar-refractivity contribution < 1.29 is 18.7 Å². The standard InChI is InChI=1S/C22H22N2O4/c1-15-11-19(16(2)28-15)22(25)24-23-13-18-9-10-20(26-3)21(12-18)27-14-17-7-5-4-6-8-17/h4-13H,14H2,1-3H3,(H,24,25)/b23-13+. The Bertz CT molecular complexity index is 977. The first kappa shape index (κ1) is 19.2. The van der Waals surface area contributed by atoms with Crippen molar-refractivity contribution in [2.45, 2.75) is 20.5 Å². The van der Waals surface area contributed by atoms with Gasteiger partial charge in [-0.25, -0.2) is 5.43 Å². The molecule has 0 aliphatic heterocycles. The number of methoxy groups -OCH3 is 1. The summed E-state index contributed by atoms with van der Waals surface area (Å²) in [6, 6.07) is 17.0. The molecule has 0 aliphatic rings. The Morgan fingerprint density at radius 2 is 1.89 bits per heavy atom. The average Bonchev–Trinajstić information content (AvgIpc) is 3.05. The van der Waals surface area contributed by atoms with Gasteiger partial charge in [0, 0.05) is 0 Å². The highest BCUT2D eigenvalue weighted by molar-refractivity contribution is 5.95. The third-order valence-electron chi connectivity index (χ3n) is 4.09. The summed E-state index contributed by atoms with van der Waals surface area (Å²) >= 11 is 0. The second-order valence-electron chi connectivity index (χ2n) is 6.21. The van der Waals surface area contributed by atoms with Crippen LogP contribution in [0.15, 0.2) is 64.1 Å². The van der Waals surface area contributed by atoms with Crippen LogP contribution in [0.5, 0.6) is 11.5 Å². The molecule has 0 aliphatic carbocycles. The molecule has 1 amide bonds. The van der Waals surface area contributed by atoms with Gasteiger partial charge in [0.25, 0.3) is 5.91 Å². The Hall–Kier alpha value is -3.54. The molecule has 0 fully saturated rings. The number of carbonyl (C=O) groups is 1. The molecule has 3 rings (SSSR count). The van der Waals surface area contributed by atoms with E-state index in [1.165, 1.54) is 0 Å². The Balaban J connectivity index is 1.67. The molecule has 0 atom stereocenters. The van der Waals surface area contributed by atoms with Crippen LogP contribution in [-0.2, 0) is 6.61 Å². The van der Waals surface area contributed by atoms with Crippen LogP contribution in [0.2, 0.25) is 0 Å². The van der Waals surface area contributed by atoms with Gasteiger partial charge in [-0.3, -0.25) is 4.79 Å². The SMILES string of the molecule is COc1ccc(/C=N/NC(=O)c2cc(C)oc2C)cc1OCc1ccccc1. The summed E-state index contributed by atoms with van der Waals surface area (Å²) in [7, 11) is 1.59. The first-order valence-corrected chi connectivity index (χ1v) is 8.82. The minimum atomic E-state index is -0.320. The second kappa shape index (κ2) is 8.90. The number of hydrazone groups is 1. The lowest BCUT2D eigenvalue weighted by Gasteiger charge is -2.11. The Labute approximate surface area is 163 Å². The van der Waals surface area contributed by atoms with Crippen molar-refractivity contribution in [2.75, 3.05) is 7.11 Å². The topological polar surface area (TPSA) is 73.1 Å². The molecule has 0 unspecified atom stereocenters. The van der Waals surface area contributed by atoms with Crippen molar-refractivity contribution >= 4 is 12.1 Å².